The molecule has 0 N–H and O–H groups in total. The molecule has 0 rings (SSSR count). The minimum atomic E-state index is -0.160. The zero-order chi connectivity index (χ0) is 9.23. The van der Waals surface area contributed by atoms with Crippen LogP contribution < -0.4 is 0 Å². The molecule has 0 aromatic rings. The molecule has 0 aromatic carbocycles. The molecule has 0 heterocycles. The first-order valence-corrected chi connectivity index (χ1v) is 4.16. The topological polar surface area (TPSA) is 43.4 Å². The molecule has 0 spiro atoms. The summed E-state index contributed by atoms with van der Waals surface area (Å²) in [5.41, 5.74) is 0. The molecule has 0 unspecified atom stereocenters. The molecule has 0 radical (unpaired) electrons. The van der Waals surface area contributed by atoms with Gasteiger partial charge < -0.3 is 4.74 Å². The lowest BCUT2D eigenvalue weighted by Crippen LogP contribution is -2.02. The average Bonchev–Trinajstić information content (AvgIpc) is 2.05. The summed E-state index contributed by atoms with van der Waals surface area (Å²) in [5.74, 6) is 1.53. The molecule has 0 bridgehead atoms. The Kier molecular flexibility index (Phi) is 7.30. The van der Waals surface area contributed by atoms with Crippen molar-refractivity contribution in [2.24, 2.45) is 0 Å². The number of hydrogen-bond donors (Lipinski definition) is 0. The van der Waals surface area contributed by atoms with E-state index >= 15 is 0 Å². The second-order valence-electron chi connectivity index (χ2n) is 2.37. The van der Waals surface area contributed by atoms with E-state index in [0.29, 0.717) is 19.4 Å². The predicted molar refractivity (Wildman–Crippen MR) is 45.4 cm³/mol. The molecule has 68 valence electrons. The van der Waals surface area contributed by atoms with Crippen molar-refractivity contribution >= 4 is 11.9 Å². The van der Waals surface area contributed by atoms with E-state index in [2.05, 4.69) is 0 Å². The third-order valence-electron chi connectivity index (χ3n) is 1.37. The van der Waals surface area contributed by atoms with Crippen LogP contribution in [0.15, 0.2) is 6.08 Å². The first-order valence-electron chi connectivity index (χ1n) is 4.16. The molecule has 0 aliphatic rings. The number of unbranched alkanes of at least 4 members (excludes halogenated alkanes) is 2. The van der Waals surface area contributed by atoms with Crippen LogP contribution in [-0.2, 0) is 14.3 Å². The number of hydrogen-bond acceptors (Lipinski definition) is 3. The van der Waals surface area contributed by atoms with E-state index in [0.717, 1.165) is 12.8 Å². The van der Waals surface area contributed by atoms with Gasteiger partial charge in [-0.3, -0.25) is 4.79 Å². The average molecular weight is 170 g/mol. The minimum absolute atomic E-state index is 0.160. The molecule has 0 atom stereocenters. The van der Waals surface area contributed by atoms with Gasteiger partial charge in [0.1, 0.15) is 5.94 Å². The molecule has 0 fully saturated rings. The van der Waals surface area contributed by atoms with E-state index in [-0.39, 0.29) is 5.97 Å². The van der Waals surface area contributed by atoms with Gasteiger partial charge in [-0.2, -0.15) is 0 Å². The lowest BCUT2D eigenvalue weighted by atomic mass is 10.2. The Morgan fingerprint density at radius 1 is 1.50 bits per heavy atom. The highest BCUT2D eigenvalue weighted by Crippen LogP contribution is 2.00. The Labute approximate surface area is 72.4 Å². The van der Waals surface area contributed by atoms with Crippen molar-refractivity contribution in [3.05, 3.63) is 6.08 Å². The summed E-state index contributed by atoms with van der Waals surface area (Å²) in [6.45, 7) is 2.22. The van der Waals surface area contributed by atoms with Crippen LogP contribution in [0, 0.1) is 0 Å². The van der Waals surface area contributed by atoms with Gasteiger partial charge in [0.15, 0.2) is 0 Å². The van der Waals surface area contributed by atoms with Gasteiger partial charge in [0.2, 0.25) is 0 Å². The molecular weight excluding hydrogens is 156 g/mol. The van der Waals surface area contributed by atoms with Crippen LogP contribution in [0.1, 0.15) is 32.6 Å². The number of rotatable bonds is 6. The van der Waals surface area contributed by atoms with Crippen molar-refractivity contribution in [1.82, 2.24) is 0 Å². The van der Waals surface area contributed by atoms with Crippen LogP contribution in [0.5, 0.6) is 0 Å². The lowest BCUT2D eigenvalue weighted by molar-refractivity contribution is -0.143. The SMILES string of the molecule is CCOC(=O)CCCCC=C=O. The molecule has 0 aromatic heterocycles. The highest BCUT2D eigenvalue weighted by atomic mass is 16.5. The van der Waals surface area contributed by atoms with Crippen LogP contribution in [0.3, 0.4) is 0 Å². The number of carbonyl (C=O) groups is 1. The molecule has 0 aliphatic carbocycles. The second-order valence-corrected chi connectivity index (χ2v) is 2.37. The molecule has 0 amide bonds. The van der Waals surface area contributed by atoms with Gasteiger partial charge in [0.05, 0.1) is 6.61 Å². The Balaban J connectivity index is 3.19. The Morgan fingerprint density at radius 2 is 2.25 bits per heavy atom. The molecule has 3 nitrogen and oxygen atoms in total. The van der Waals surface area contributed by atoms with Gasteiger partial charge in [-0.05, 0) is 32.3 Å². The maximum absolute atomic E-state index is 10.8. The maximum atomic E-state index is 10.8. The largest absolute Gasteiger partial charge is 0.466 e. The normalized spacial score (nSPS) is 8.75. The summed E-state index contributed by atoms with van der Waals surface area (Å²) in [4.78, 5) is 20.5. The van der Waals surface area contributed by atoms with E-state index in [9.17, 15) is 9.59 Å². The van der Waals surface area contributed by atoms with Gasteiger partial charge in [0, 0.05) is 6.42 Å². The fraction of sp³-hybridized carbons (Fsp3) is 0.667. The van der Waals surface area contributed by atoms with Gasteiger partial charge in [-0.1, -0.05) is 0 Å². The lowest BCUT2D eigenvalue weighted by Gasteiger charge is -1.99. The van der Waals surface area contributed by atoms with Gasteiger partial charge in [-0.25, -0.2) is 4.79 Å². The van der Waals surface area contributed by atoms with E-state index in [1.807, 2.05) is 0 Å². The summed E-state index contributed by atoms with van der Waals surface area (Å²) in [6.07, 6.45) is 4.19. The maximum Gasteiger partial charge on any atom is 0.305 e. The van der Waals surface area contributed by atoms with Crippen molar-refractivity contribution in [2.75, 3.05) is 6.61 Å². The summed E-state index contributed by atoms with van der Waals surface area (Å²) in [5, 5.41) is 0. The minimum Gasteiger partial charge on any atom is -0.466 e. The molecule has 0 saturated carbocycles. The first kappa shape index (κ1) is 10.9. The summed E-state index contributed by atoms with van der Waals surface area (Å²) >= 11 is 0. The monoisotopic (exact) mass is 170 g/mol. The summed E-state index contributed by atoms with van der Waals surface area (Å²) in [7, 11) is 0. The van der Waals surface area contributed by atoms with E-state index < -0.39 is 0 Å². The first-order chi connectivity index (χ1) is 5.81. The van der Waals surface area contributed by atoms with Crippen LogP contribution in [-0.4, -0.2) is 18.5 Å². The third kappa shape index (κ3) is 7.03. The Hall–Kier alpha value is -1.08. The molecule has 0 aliphatic heterocycles. The van der Waals surface area contributed by atoms with Crippen molar-refractivity contribution in [3.8, 4) is 0 Å². The molecule has 0 saturated heterocycles. The van der Waals surface area contributed by atoms with Crippen molar-refractivity contribution in [3.63, 3.8) is 0 Å². The van der Waals surface area contributed by atoms with Crippen LogP contribution in [0.4, 0.5) is 0 Å². The fourth-order valence-electron chi connectivity index (χ4n) is 0.808. The van der Waals surface area contributed by atoms with Crippen LogP contribution in [0.25, 0.3) is 0 Å². The fourth-order valence-corrected chi connectivity index (χ4v) is 0.808. The van der Waals surface area contributed by atoms with Gasteiger partial charge in [0.25, 0.3) is 0 Å². The number of allylic oxidation sites excluding steroid dienone is 1. The summed E-state index contributed by atoms with van der Waals surface area (Å²) < 4.78 is 4.72. The quantitative estimate of drug-likeness (QED) is 0.344. The van der Waals surface area contributed by atoms with Crippen molar-refractivity contribution in [2.45, 2.75) is 32.6 Å². The smallest absolute Gasteiger partial charge is 0.305 e. The van der Waals surface area contributed by atoms with Crippen LogP contribution in [0.2, 0.25) is 0 Å². The van der Waals surface area contributed by atoms with Crippen LogP contribution >= 0.6 is 0 Å². The number of esters is 1. The Bertz CT molecular complexity index is 169. The predicted octanol–water partition coefficient (Wildman–Crippen LogP) is 1.50. The van der Waals surface area contributed by atoms with Crippen molar-refractivity contribution < 1.29 is 14.3 Å². The van der Waals surface area contributed by atoms with Gasteiger partial charge in [-0.15, -0.1) is 0 Å². The summed E-state index contributed by atoms with van der Waals surface area (Å²) in [6, 6.07) is 0. The Morgan fingerprint density at radius 3 is 2.83 bits per heavy atom. The van der Waals surface area contributed by atoms with E-state index in [1.165, 1.54) is 6.08 Å². The zero-order valence-corrected chi connectivity index (χ0v) is 7.34. The molecule has 12 heavy (non-hydrogen) atoms. The number of carbonyl (C=O) groups excluding carboxylic acids is 2. The highest BCUT2D eigenvalue weighted by Gasteiger charge is 1.99. The second kappa shape index (κ2) is 8.02. The zero-order valence-electron chi connectivity index (χ0n) is 7.34. The third-order valence-corrected chi connectivity index (χ3v) is 1.37. The highest BCUT2D eigenvalue weighted by molar-refractivity contribution is 5.69. The van der Waals surface area contributed by atoms with E-state index in [4.69, 9.17) is 4.74 Å². The molecule has 3 heteroatoms. The molecular formula is C9H14O3. The van der Waals surface area contributed by atoms with Crippen molar-refractivity contribution in [1.29, 1.82) is 0 Å². The standard InChI is InChI=1S/C9H14O3/c1-2-12-9(11)7-5-3-4-6-8-10/h6H,2-5,7H2,1H3. The van der Waals surface area contributed by atoms with Gasteiger partial charge >= 0.3 is 5.97 Å². The van der Waals surface area contributed by atoms with E-state index in [1.54, 1.807) is 12.9 Å². The number of ether oxygens (including phenoxy) is 1.